The lowest BCUT2D eigenvalue weighted by molar-refractivity contribution is -0.145. The Morgan fingerprint density at radius 3 is 2.03 bits per heavy atom. The highest BCUT2D eigenvalue weighted by Gasteiger charge is 2.52. The number of benzene rings is 3. The van der Waals surface area contributed by atoms with Gasteiger partial charge in [0.15, 0.2) is 5.78 Å². The van der Waals surface area contributed by atoms with Crippen molar-refractivity contribution in [3.63, 3.8) is 0 Å². The molecule has 3 N–H and O–H groups in total. The van der Waals surface area contributed by atoms with Gasteiger partial charge in [-0.1, -0.05) is 144 Å². The predicted molar refractivity (Wildman–Crippen MR) is 233 cm³/mol. The first kappa shape index (κ1) is 43.7. The van der Waals surface area contributed by atoms with Crippen molar-refractivity contribution in [3.05, 3.63) is 109 Å². The Bertz CT molecular complexity index is 1900. The van der Waals surface area contributed by atoms with Crippen LogP contribution >= 0.6 is 0 Å². The molecule has 2 saturated heterocycles. The van der Waals surface area contributed by atoms with Crippen LogP contribution in [0.3, 0.4) is 0 Å². The molecule has 0 unspecified atom stereocenters. The molecule has 1 saturated carbocycles. The summed E-state index contributed by atoms with van der Waals surface area (Å²) in [6.07, 6.45) is 9.31. The molecule has 4 atom stereocenters. The molecule has 6 rings (SSSR count). The van der Waals surface area contributed by atoms with Crippen molar-refractivity contribution >= 4 is 48.1 Å². The van der Waals surface area contributed by atoms with E-state index in [2.05, 4.69) is 61.0 Å². The number of allylic oxidation sites excluding steroid dienone is 1. The van der Waals surface area contributed by atoms with Gasteiger partial charge in [0, 0.05) is 13.0 Å². The first-order chi connectivity index (χ1) is 28.4. The maximum absolute atomic E-state index is 14.3. The van der Waals surface area contributed by atoms with Crippen molar-refractivity contribution in [3.8, 4) is 0 Å². The van der Waals surface area contributed by atoms with Crippen molar-refractivity contribution in [2.24, 2.45) is 0 Å². The van der Waals surface area contributed by atoms with Crippen LogP contribution in [0.5, 0.6) is 0 Å². The maximum Gasteiger partial charge on any atom is 0.262 e. The molecule has 0 aromatic heterocycles. The fourth-order valence-corrected chi connectivity index (χ4v) is 14.0. The van der Waals surface area contributed by atoms with E-state index in [9.17, 15) is 24.0 Å². The van der Waals surface area contributed by atoms with Crippen molar-refractivity contribution in [2.75, 3.05) is 6.54 Å². The maximum atomic E-state index is 14.3. The van der Waals surface area contributed by atoms with Gasteiger partial charge in [0.05, 0.1) is 0 Å². The minimum absolute atomic E-state index is 0.112. The average molecular weight is 819 g/mol. The van der Waals surface area contributed by atoms with Crippen molar-refractivity contribution < 1.29 is 28.4 Å². The lowest BCUT2D eigenvalue weighted by atomic mass is 9.80. The number of carbonyl (C=O) groups excluding carboxylic acids is 5. The zero-order valence-corrected chi connectivity index (χ0v) is 36.2. The molecule has 0 radical (unpaired) electrons. The monoisotopic (exact) mass is 818 g/mol. The lowest BCUT2D eigenvalue weighted by Crippen LogP contribution is -2.68. The van der Waals surface area contributed by atoms with Crippen LogP contribution in [0.1, 0.15) is 104 Å². The highest BCUT2D eigenvalue weighted by molar-refractivity contribution is 6.99. The summed E-state index contributed by atoms with van der Waals surface area (Å²) in [5.74, 6) is -1.52. The van der Waals surface area contributed by atoms with E-state index in [1.54, 1.807) is 11.0 Å². The SMILES string of the molecule is CC[C@H](O[Si](c1ccccc1)(c1ccccc1)C(C)(C)C)C(=O)/C=C/CCC[C@@H]1NC(=O)[C@H]2CCCN2C(=O)[C@H](Cc2ccccc2)NC(=O)C2(CCCCC2)NC1=O. The van der Waals surface area contributed by atoms with E-state index in [4.69, 9.17) is 4.43 Å². The van der Waals surface area contributed by atoms with Crippen LogP contribution in [0.4, 0.5) is 0 Å². The zero-order chi connectivity index (χ0) is 42.0. The van der Waals surface area contributed by atoms with Gasteiger partial charge in [0.25, 0.3) is 8.32 Å². The van der Waals surface area contributed by atoms with E-state index in [1.807, 2.05) is 79.7 Å². The number of nitrogens with zero attached hydrogens (tertiary/aromatic N) is 1. The standard InChI is InChI=1S/C48H62N4O6Si/c1-5-42(58-59(47(2,3)4,36-24-13-7-14-25-36)37-26-15-8-16-27-37)41(53)30-18-9-17-28-38-43(54)51-48(31-19-10-20-32-48)46(57)50-39(34-35-22-11-6-12-23-35)45(56)52-33-21-29-40(52)44(55)49-38/h6-8,11-16,18,22-27,30,38-40,42H,5,9-10,17,19-21,28-29,31-34H2,1-4H3,(H,49,55)(H,50,57)(H,51,54)/b30-18+/t38-,39-,40+,42-/m0/s1. The van der Waals surface area contributed by atoms with Gasteiger partial charge in [-0.05, 0) is 78.4 Å². The summed E-state index contributed by atoms with van der Waals surface area (Å²) in [4.78, 5) is 72.1. The third-order valence-electron chi connectivity index (χ3n) is 12.4. The molecule has 0 bridgehead atoms. The first-order valence-corrected chi connectivity index (χ1v) is 23.6. The largest absolute Gasteiger partial charge is 0.397 e. The van der Waals surface area contributed by atoms with E-state index in [0.29, 0.717) is 57.9 Å². The summed E-state index contributed by atoms with van der Waals surface area (Å²) >= 11 is 0. The molecule has 10 nitrogen and oxygen atoms in total. The first-order valence-electron chi connectivity index (χ1n) is 21.7. The van der Waals surface area contributed by atoms with Gasteiger partial charge in [-0.15, -0.1) is 0 Å². The summed E-state index contributed by atoms with van der Waals surface area (Å²) in [7, 11) is -2.96. The van der Waals surface area contributed by atoms with Crippen LogP contribution in [0.25, 0.3) is 0 Å². The molecule has 59 heavy (non-hydrogen) atoms. The third-order valence-corrected chi connectivity index (χ3v) is 17.5. The van der Waals surface area contributed by atoms with Crippen molar-refractivity contribution in [1.29, 1.82) is 0 Å². The fourth-order valence-electron chi connectivity index (χ4n) is 9.27. The number of hydrogen-bond acceptors (Lipinski definition) is 6. The zero-order valence-electron chi connectivity index (χ0n) is 35.2. The average Bonchev–Trinajstić information content (AvgIpc) is 3.74. The Labute approximate surface area is 351 Å². The summed E-state index contributed by atoms with van der Waals surface area (Å²) < 4.78 is 7.15. The molecule has 3 aliphatic rings. The van der Waals surface area contributed by atoms with Crippen LogP contribution < -0.4 is 26.3 Å². The van der Waals surface area contributed by atoms with Crippen LogP contribution in [0.2, 0.25) is 5.04 Å². The minimum Gasteiger partial charge on any atom is -0.397 e. The number of rotatable bonds is 13. The summed E-state index contributed by atoms with van der Waals surface area (Å²) in [6, 6.07) is 27.6. The van der Waals surface area contributed by atoms with E-state index in [-0.39, 0.29) is 35.0 Å². The van der Waals surface area contributed by atoms with E-state index < -0.39 is 44.0 Å². The van der Waals surface area contributed by atoms with Crippen LogP contribution in [-0.4, -0.2) is 78.9 Å². The molecule has 4 amide bonds. The van der Waals surface area contributed by atoms with Gasteiger partial charge in [-0.2, -0.15) is 0 Å². The summed E-state index contributed by atoms with van der Waals surface area (Å²) in [6.45, 7) is 8.95. The Balaban J connectivity index is 1.17. The van der Waals surface area contributed by atoms with Crippen molar-refractivity contribution in [2.45, 2.75) is 140 Å². The molecular weight excluding hydrogens is 757 g/mol. The van der Waals surface area contributed by atoms with E-state index in [1.165, 1.54) is 0 Å². The highest BCUT2D eigenvalue weighted by Crippen LogP contribution is 2.38. The fraction of sp³-hybridized carbons (Fsp3) is 0.479. The van der Waals surface area contributed by atoms with Gasteiger partial charge in [0.2, 0.25) is 23.6 Å². The Hall–Kier alpha value is -4.87. The van der Waals surface area contributed by atoms with Gasteiger partial charge < -0.3 is 25.3 Å². The van der Waals surface area contributed by atoms with Crippen LogP contribution in [0.15, 0.2) is 103 Å². The Morgan fingerprint density at radius 1 is 0.831 bits per heavy atom. The minimum atomic E-state index is -2.96. The Morgan fingerprint density at radius 2 is 1.44 bits per heavy atom. The summed E-state index contributed by atoms with van der Waals surface area (Å²) in [5.41, 5.74) is -0.294. The quantitative estimate of drug-likeness (QED) is 0.116. The van der Waals surface area contributed by atoms with E-state index in [0.717, 1.165) is 35.2 Å². The van der Waals surface area contributed by atoms with Gasteiger partial charge >= 0.3 is 0 Å². The molecule has 1 aliphatic carbocycles. The highest BCUT2D eigenvalue weighted by atomic mass is 28.4. The molecule has 3 aromatic carbocycles. The number of hydrogen-bond donors (Lipinski definition) is 3. The molecule has 3 aromatic rings. The second-order valence-corrected chi connectivity index (χ2v) is 21.8. The van der Waals surface area contributed by atoms with Crippen LogP contribution in [0, 0.1) is 0 Å². The summed E-state index contributed by atoms with van der Waals surface area (Å²) in [5, 5.41) is 11.1. The van der Waals surface area contributed by atoms with Crippen molar-refractivity contribution in [1.82, 2.24) is 20.9 Å². The number of ketones is 1. The lowest BCUT2D eigenvalue weighted by Gasteiger charge is -2.44. The molecule has 11 heteroatoms. The van der Waals surface area contributed by atoms with Crippen LogP contribution in [-0.2, 0) is 34.8 Å². The molecule has 2 heterocycles. The van der Waals surface area contributed by atoms with Gasteiger partial charge in [-0.25, -0.2) is 0 Å². The number of nitrogens with one attached hydrogen (secondary N) is 3. The Kier molecular flexibility index (Phi) is 14.4. The number of carbonyl (C=O) groups is 5. The van der Waals surface area contributed by atoms with Gasteiger partial charge in [-0.3, -0.25) is 24.0 Å². The molecule has 1 spiro atoms. The number of unbranched alkanes of at least 4 members (excludes halogenated alkanes) is 1. The molecule has 2 aliphatic heterocycles. The number of amides is 4. The smallest absolute Gasteiger partial charge is 0.262 e. The van der Waals surface area contributed by atoms with E-state index >= 15 is 0 Å². The second-order valence-electron chi connectivity index (χ2n) is 17.5. The predicted octanol–water partition coefficient (Wildman–Crippen LogP) is 5.67. The molecule has 314 valence electrons. The molecule has 3 fully saturated rings. The molecular formula is C48H62N4O6Si. The topological polar surface area (TPSA) is 134 Å². The third kappa shape index (κ3) is 9.95. The van der Waals surface area contributed by atoms with Gasteiger partial charge in [0.1, 0.15) is 29.8 Å². The second kappa shape index (κ2) is 19.5. The number of fused-ring (bicyclic) bond motifs is 1. The normalized spacial score (nSPS) is 22.2.